The molecule has 0 spiro atoms. The van der Waals surface area contributed by atoms with Crippen molar-refractivity contribution in [1.82, 2.24) is 14.9 Å². The lowest BCUT2D eigenvalue weighted by atomic mass is 9.77. The minimum absolute atomic E-state index is 0.0609. The first-order valence-electron chi connectivity index (χ1n) is 12.6. The lowest BCUT2D eigenvalue weighted by molar-refractivity contribution is 0.0819. The SMILES string of the molecule is [2H]C([2H])([2H])N(C)C(=O)c1nccc(Nc2c(N[C@@H](c3ncccc3C)C3(C)CCCC3)c(=O)c2=O)c1O. The van der Waals surface area contributed by atoms with Crippen LogP contribution >= 0.6 is 0 Å². The maximum atomic E-state index is 12.7. The number of hydrogen-bond acceptors (Lipinski definition) is 8. The van der Waals surface area contributed by atoms with E-state index in [0.717, 1.165) is 44.0 Å². The van der Waals surface area contributed by atoms with Gasteiger partial charge in [0.25, 0.3) is 16.8 Å². The predicted octanol–water partition coefficient (Wildman–Crippen LogP) is 3.27. The maximum Gasteiger partial charge on any atom is 0.275 e. The zero-order valence-electron chi connectivity index (χ0n) is 22.3. The van der Waals surface area contributed by atoms with Crippen LogP contribution in [-0.4, -0.2) is 39.9 Å². The molecular formula is C25H29N5O4. The quantitative estimate of drug-likeness (QED) is 0.453. The van der Waals surface area contributed by atoms with Crippen molar-refractivity contribution >= 4 is 23.0 Å². The van der Waals surface area contributed by atoms with Crippen LogP contribution in [-0.2, 0) is 0 Å². The third-order valence-corrected chi connectivity index (χ3v) is 6.66. The van der Waals surface area contributed by atoms with E-state index >= 15 is 0 Å². The van der Waals surface area contributed by atoms with E-state index in [4.69, 9.17) is 4.11 Å². The molecule has 1 aliphatic carbocycles. The number of amides is 1. The van der Waals surface area contributed by atoms with E-state index in [2.05, 4.69) is 27.5 Å². The Balaban J connectivity index is 1.68. The van der Waals surface area contributed by atoms with Gasteiger partial charge in [-0.15, -0.1) is 0 Å². The molecule has 1 aromatic carbocycles. The second-order valence-electron chi connectivity index (χ2n) is 9.10. The summed E-state index contributed by atoms with van der Waals surface area (Å²) in [6.45, 7) is 1.35. The number of aromatic nitrogens is 2. The van der Waals surface area contributed by atoms with Crippen molar-refractivity contribution < 1.29 is 14.0 Å². The Kier molecular flexibility index (Phi) is 5.15. The smallest absolute Gasteiger partial charge is 0.275 e. The second-order valence-corrected chi connectivity index (χ2v) is 9.10. The van der Waals surface area contributed by atoms with Crippen LogP contribution in [0.2, 0.25) is 0 Å². The largest absolute Gasteiger partial charge is 0.504 e. The summed E-state index contributed by atoms with van der Waals surface area (Å²) in [7, 11) is 1.07. The van der Waals surface area contributed by atoms with Crippen molar-refractivity contribution in [3.63, 3.8) is 0 Å². The summed E-state index contributed by atoms with van der Waals surface area (Å²) in [6, 6.07) is 4.77. The van der Waals surface area contributed by atoms with Gasteiger partial charge in [-0.3, -0.25) is 19.4 Å². The van der Waals surface area contributed by atoms with Crippen LogP contribution in [0.15, 0.2) is 40.2 Å². The summed E-state index contributed by atoms with van der Waals surface area (Å²) in [5, 5.41) is 16.7. The summed E-state index contributed by atoms with van der Waals surface area (Å²) >= 11 is 0. The highest BCUT2D eigenvalue weighted by Crippen LogP contribution is 2.49. The molecule has 1 aliphatic rings. The van der Waals surface area contributed by atoms with Gasteiger partial charge in [0.1, 0.15) is 11.4 Å². The van der Waals surface area contributed by atoms with E-state index in [9.17, 15) is 19.5 Å². The molecule has 1 fully saturated rings. The number of aryl methyl sites for hydroxylation is 1. The van der Waals surface area contributed by atoms with Gasteiger partial charge in [-0.05, 0) is 42.9 Å². The third-order valence-electron chi connectivity index (χ3n) is 6.66. The Hall–Kier alpha value is -3.75. The number of anilines is 3. The average Bonchev–Trinajstić information content (AvgIpc) is 3.30. The number of rotatable bonds is 7. The van der Waals surface area contributed by atoms with Crippen molar-refractivity contribution in [2.75, 3.05) is 24.7 Å². The van der Waals surface area contributed by atoms with Gasteiger partial charge >= 0.3 is 0 Å². The fraction of sp³-hybridized carbons (Fsp3) is 0.400. The minimum Gasteiger partial charge on any atom is -0.504 e. The molecule has 1 saturated carbocycles. The van der Waals surface area contributed by atoms with Crippen molar-refractivity contribution in [2.24, 2.45) is 5.41 Å². The summed E-state index contributed by atoms with van der Waals surface area (Å²) < 4.78 is 22.3. The minimum atomic E-state index is -2.74. The zero-order valence-corrected chi connectivity index (χ0v) is 19.3. The molecule has 0 bridgehead atoms. The highest BCUT2D eigenvalue weighted by Gasteiger charge is 2.41. The van der Waals surface area contributed by atoms with Crippen LogP contribution < -0.4 is 21.5 Å². The fourth-order valence-electron chi connectivity index (χ4n) is 4.64. The summed E-state index contributed by atoms with van der Waals surface area (Å²) in [5.41, 5.74) is -0.496. The lowest BCUT2D eigenvalue weighted by Gasteiger charge is -2.36. The van der Waals surface area contributed by atoms with Crippen LogP contribution in [0.25, 0.3) is 0 Å². The molecule has 0 aliphatic heterocycles. The summed E-state index contributed by atoms with van der Waals surface area (Å²) in [6.07, 6.45) is 6.83. The molecule has 34 heavy (non-hydrogen) atoms. The van der Waals surface area contributed by atoms with Crippen molar-refractivity contribution in [3.05, 3.63) is 68.0 Å². The van der Waals surface area contributed by atoms with E-state index in [0.29, 0.717) is 4.90 Å². The predicted molar refractivity (Wildman–Crippen MR) is 130 cm³/mol. The summed E-state index contributed by atoms with van der Waals surface area (Å²) in [5.74, 6) is -1.66. The van der Waals surface area contributed by atoms with Gasteiger partial charge < -0.3 is 20.6 Å². The zero-order chi connectivity index (χ0) is 27.1. The second kappa shape index (κ2) is 8.89. The first kappa shape index (κ1) is 19.7. The van der Waals surface area contributed by atoms with E-state index < -0.39 is 35.2 Å². The monoisotopic (exact) mass is 466 g/mol. The van der Waals surface area contributed by atoms with E-state index in [-0.39, 0.29) is 28.5 Å². The number of carbonyl (C=O) groups excluding carboxylic acids is 1. The van der Waals surface area contributed by atoms with Crippen LogP contribution in [0.4, 0.5) is 17.1 Å². The molecule has 1 amide bonds. The van der Waals surface area contributed by atoms with Crippen LogP contribution in [0.3, 0.4) is 0 Å². The summed E-state index contributed by atoms with van der Waals surface area (Å²) in [4.78, 5) is 46.7. The van der Waals surface area contributed by atoms with Gasteiger partial charge in [0.15, 0.2) is 11.4 Å². The highest BCUT2D eigenvalue weighted by atomic mass is 16.3. The molecular weight excluding hydrogens is 434 g/mol. The Bertz CT molecular complexity index is 1410. The molecule has 4 rings (SSSR count). The van der Waals surface area contributed by atoms with Crippen LogP contribution in [0.1, 0.15) is 64.5 Å². The molecule has 178 valence electrons. The van der Waals surface area contributed by atoms with Crippen molar-refractivity contribution in [2.45, 2.75) is 45.6 Å². The van der Waals surface area contributed by atoms with E-state index in [1.165, 1.54) is 12.3 Å². The number of nitrogens with zero attached hydrogens (tertiary/aromatic N) is 3. The Labute approximate surface area is 201 Å². The first-order chi connectivity index (χ1) is 17.3. The van der Waals surface area contributed by atoms with Gasteiger partial charge in [0.2, 0.25) is 0 Å². The number of aromatic hydroxyl groups is 1. The molecule has 1 atom stereocenters. The molecule has 0 saturated heterocycles. The normalized spacial score (nSPS) is 17.4. The number of nitrogens with one attached hydrogen (secondary N) is 2. The molecule has 9 heteroatoms. The van der Waals surface area contributed by atoms with E-state index in [1.54, 1.807) is 6.20 Å². The van der Waals surface area contributed by atoms with E-state index in [1.807, 2.05) is 19.1 Å². The fourth-order valence-corrected chi connectivity index (χ4v) is 4.64. The Morgan fingerprint density at radius 1 is 1.18 bits per heavy atom. The Morgan fingerprint density at radius 2 is 1.88 bits per heavy atom. The molecule has 0 unspecified atom stereocenters. The van der Waals surface area contributed by atoms with Gasteiger partial charge in [-0.2, -0.15) is 0 Å². The van der Waals surface area contributed by atoms with Gasteiger partial charge in [-0.1, -0.05) is 25.8 Å². The van der Waals surface area contributed by atoms with Crippen molar-refractivity contribution in [3.8, 4) is 5.75 Å². The van der Waals surface area contributed by atoms with Gasteiger partial charge in [-0.25, -0.2) is 4.98 Å². The average molecular weight is 467 g/mol. The molecule has 3 aromatic rings. The molecule has 3 N–H and O–H groups in total. The number of hydrogen-bond donors (Lipinski definition) is 3. The number of carbonyl (C=O) groups is 1. The first-order valence-corrected chi connectivity index (χ1v) is 11.1. The topological polar surface area (TPSA) is 125 Å². The Morgan fingerprint density at radius 3 is 2.56 bits per heavy atom. The molecule has 9 nitrogen and oxygen atoms in total. The highest BCUT2D eigenvalue weighted by molar-refractivity contribution is 5.97. The maximum absolute atomic E-state index is 12.7. The van der Waals surface area contributed by atoms with Crippen LogP contribution in [0.5, 0.6) is 5.75 Å². The molecule has 0 radical (unpaired) electrons. The van der Waals surface area contributed by atoms with Crippen molar-refractivity contribution in [1.29, 1.82) is 0 Å². The van der Waals surface area contributed by atoms with Gasteiger partial charge in [0.05, 0.1) is 17.4 Å². The standard InChI is InChI=1S/C25H29N5O4/c1-14-8-7-12-26-16(14)23(25(2)10-5-6-11-25)29-18-17(21(32)22(18)33)28-15-9-13-27-19(20(15)31)24(34)30(3)4/h7-9,12-13,23,29,31H,5-6,10-11H2,1-4H3,(H,27,28)/t23-/m0/s1/i3D3. The van der Waals surface area contributed by atoms with Crippen LogP contribution in [0, 0.1) is 12.3 Å². The molecule has 2 heterocycles. The molecule has 2 aromatic heterocycles. The third kappa shape index (κ3) is 4.02. The van der Waals surface area contributed by atoms with Gasteiger partial charge in [0, 0.05) is 30.5 Å². The number of pyridine rings is 2. The lowest BCUT2D eigenvalue weighted by Crippen LogP contribution is -2.40.